The molecule has 0 aliphatic heterocycles. The van der Waals surface area contributed by atoms with Crippen molar-refractivity contribution in [2.24, 2.45) is 0 Å². The smallest absolute Gasteiger partial charge is 0.124 e. The first-order valence-corrected chi connectivity index (χ1v) is 6.06. The molecule has 5 heteroatoms. The van der Waals surface area contributed by atoms with Gasteiger partial charge in [0, 0.05) is 11.8 Å². The highest BCUT2D eigenvalue weighted by Gasteiger charge is 2.06. The summed E-state index contributed by atoms with van der Waals surface area (Å²) in [5, 5.41) is 13.1. The highest BCUT2D eigenvalue weighted by atomic mass is 127. The van der Waals surface area contributed by atoms with E-state index in [1.165, 1.54) is 0 Å². The quantitative estimate of drug-likeness (QED) is 0.807. The average molecular weight is 339 g/mol. The van der Waals surface area contributed by atoms with Crippen LogP contribution >= 0.6 is 22.6 Å². The normalized spacial score (nSPS) is 9.94. The minimum atomic E-state index is 0.599. The van der Waals surface area contributed by atoms with Gasteiger partial charge in [-0.2, -0.15) is 10.4 Å². The lowest BCUT2D eigenvalue weighted by Crippen LogP contribution is -2.02. The molecular formula is C12H10IN3O. The third kappa shape index (κ3) is 2.77. The van der Waals surface area contributed by atoms with Crippen LogP contribution in [0.3, 0.4) is 0 Å². The molecule has 4 nitrogen and oxygen atoms in total. The van der Waals surface area contributed by atoms with Crippen molar-refractivity contribution in [2.75, 3.05) is 7.11 Å². The van der Waals surface area contributed by atoms with Gasteiger partial charge in [0.2, 0.25) is 0 Å². The number of halogens is 1. The van der Waals surface area contributed by atoms with Gasteiger partial charge in [0.25, 0.3) is 0 Å². The number of ether oxygens (including phenoxy) is 1. The van der Waals surface area contributed by atoms with E-state index in [1.54, 1.807) is 19.4 Å². The number of benzene rings is 1. The van der Waals surface area contributed by atoms with Gasteiger partial charge in [-0.3, -0.25) is 4.68 Å². The van der Waals surface area contributed by atoms with E-state index in [2.05, 4.69) is 33.8 Å². The van der Waals surface area contributed by atoms with Gasteiger partial charge in [0.15, 0.2) is 0 Å². The van der Waals surface area contributed by atoms with E-state index in [1.807, 2.05) is 23.0 Å². The van der Waals surface area contributed by atoms with E-state index in [4.69, 9.17) is 10.00 Å². The first-order valence-electron chi connectivity index (χ1n) is 4.98. The second kappa shape index (κ2) is 5.19. The summed E-state index contributed by atoms with van der Waals surface area (Å²) in [5.41, 5.74) is 1.58. The fourth-order valence-corrected chi connectivity index (χ4v) is 2.02. The maximum Gasteiger partial charge on any atom is 0.124 e. The number of rotatable bonds is 3. The van der Waals surface area contributed by atoms with Crippen LogP contribution in [0.2, 0.25) is 0 Å². The number of nitriles is 1. The third-order valence-corrected chi connectivity index (χ3v) is 2.90. The van der Waals surface area contributed by atoms with E-state index < -0.39 is 0 Å². The Kier molecular flexibility index (Phi) is 3.64. The minimum Gasteiger partial charge on any atom is -0.496 e. The van der Waals surface area contributed by atoms with E-state index in [0.717, 1.165) is 14.9 Å². The van der Waals surface area contributed by atoms with Crippen molar-refractivity contribution in [2.45, 2.75) is 6.54 Å². The van der Waals surface area contributed by atoms with Gasteiger partial charge in [-0.15, -0.1) is 0 Å². The zero-order valence-corrected chi connectivity index (χ0v) is 11.4. The number of aromatic nitrogens is 2. The molecule has 0 atom stereocenters. The SMILES string of the molecule is COc1ccc(C#N)cc1Cn1cc(I)cn1. The van der Waals surface area contributed by atoms with E-state index >= 15 is 0 Å². The third-order valence-electron chi connectivity index (χ3n) is 2.34. The predicted octanol–water partition coefficient (Wildman–Crippen LogP) is 2.42. The van der Waals surface area contributed by atoms with E-state index in [0.29, 0.717) is 12.1 Å². The van der Waals surface area contributed by atoms with Crippen LogP contribution in [0.5, 0.6) is 5.75 Å². The molecule has 0 radical (unpaired) electrons. The Hall–Kier alpha value is -1.55. The van der Waals surface area contributed by atoms with Crippen LogP contribution in [0.25, 0.3) is 0 Å². The van der Waals surface area contributed by atoms with Gasteiger partial charge in [0.05, 0.1) is 35.1 Å². The van der Waals surface area contributed by atoms with E-state index in [9.17, 15) is 0 Å². The predicted molar refractivity (Wildman–Crippen MR) is 71.8 cm³/mol. The highest BCUT2D eigenvalue weighted by Crippen LogP contribution is 2.20. The molecule has 0 saturated carbocycles. The standard InChI is InChI=1S/C12H10IN3O/c1-17-12-3-2-9(5-14)4-10(12)7-16-8-11(13)6-15-16/h2-4,6,8H,7H2,1H3. The number of hydrogen-bond donors (Lipinski definition) is 0. The first-order chi connectivity index (χ1) is 8.22. The molecular weight excluding hydrogens is 329 g/mol. The first kappa shape index (κ1) is 11.9. The van der Waals surface area contributed by atoms with Gasteiger partial charge >= 0.3 is 0 Å². The van der Waals surface area contributed by atoms with E-state index in [-0.39, 0.29) is 0 Å². The van der Waals surface area contributed by atoms with Crippen molar-refractivity contribution >= 4 is 22.6 Å². The molecule has 1 aromatic heterocycles. The Morgan fingerprint density at radius 2 is 2.35 bits per heavy atom. The molecule has 17 heavy (non-hydrogen) atoms. The maximum absolute atomic E-state index is 8.88. The van der Waals surface area contributed by atoms with Crippen LogP contribution in [-0.2, 0) is 6.54 Å². The molecule has 0 bridgehead atoms. The summed E-state index contributed by atoms with van der Waals surface area (Å²) in [4.78, 5) is 0. The summed E-state index contributed by atoms with van der Waals surface area (Å²) < 4.78 is 8.17. The maximum atomic E-state index is 8.88. The van der Waals surface area contributed by atoms with Crippen molar-refractivity contribution in [1.29, 1.82) is 5.26 Å². The van der Waals surface area contributed by atoms with Crippen molar-refractivity contribution < 1.29 is 4.74 Å². The van der Waals surface area contributed by atoms with Crippen LogP contribution in [0, 0.1) is 14.9 Å². The van der Waals surface area contributed by atoms with Crippen LogP contribution in [0.15, 0.2) is 30.6 Å². The zero-order chi connectivity index (χ0) is 12.3. The Labute approximate surface area is 113 Å². The van der Waals surface area contributed by atoms with Crippen molar-refractivity contribution in [3.8, 4) is 11.8 Å². The summed E-state index contributed by atoms with van der Waals surface area (Å²) in [7, 11) is 1.62. The number of methoxy groups -OCH3 is 1. The molecule has 0 saturated heterocycles. The fraction of sp³-hybridized carbons (Fsp3) is 0.167. The van der Waals surface area contributed by atoms with Crippen LogP contribution in [0.1, 0.15) is 11.1 Å². The lowest BCUT2D eigenvalue weighted by atomic mass is 10.1. The van der Waals surface area contributed by atoms with Gasteiger partial charge in [-0.05, 0) is 40.8 Å². The molecule has 2 rings (SSSR count). The molecule has 0 amide bonds. The minimum absolute atomic E-state index is 0.599. The lowest BCUT2D eigenvalue weighted by Gasteiger charge is -2.08. The average Bonchev–Trinajstić information content (AvgIpc) is 2.74. The second-order valence-electron chi connectivity index (χ2n) is 3.49. The van der Waals surface area contributed by atoms with Crippen molar-refractivity contribution in [1.82, 2.24) is 9.78 Å². The fourth-order valence-electron chi connectivity index (χ4n) is 1.57. The summed E-state index contributed by atoms with van der Waals surface area (Å²) >= 11 is 2.21. The van der Waals surface area contributed by atoms with Crippen molar-refractivity contribution in [3.05, 3.63) is 45.3 Å². The van der Waals surface area contributed by atoms with Crippen LogP contribution in [0.4, 0.5) is 0 Å². The molecule has 1 aromatic carbocycles. The van der Waals surface area contributed by atoms with Crippen LogP contribution < -0.4 is 4.74 Å². The Morgan fingerprint density at radius 3 is 2.94 bits per heavy atom. The van der Waals surface area contributed by atoms with Gasteiger partial charge < -0.3 is 4.74 Å². The zero-order valence-electron chi connectivity index (χ0n) is 9.22. The van der Waals surface area contributed by atoms with Gasteiger partial charge in [-0.1, -0.05) is 0 Å². The summed E-state index contributed by atoms with van der Waals surface area (Å²) in [6.45, 7) is 0.599. The number of hydrogen-bond acceptors (Lipinski definition) is 3. The van der Waals surface area contributed by atoms with Gasteiger partial charge in [-0.25, -0.2) is 0 Å². The summed E-state index contributed by atoms with van der Waals surface area (Å²) in [6.07, 6.45) is 3.74. The topological polar surface area (TPSA) is 50.8 Å². The Bertz CT molecular complexity index is 571. The lowest BCUT2D eigenvalue weighted by molar-refractivity contribution is 0.407. The number of nitrogens with zero attached hydrogens (tertiary/aromatic N) is 3. The molecule has 2 aromatic rings. The molecule has 1 heterocycles. The molecule has 86 valence electrons. The highest BCUT2D eigenvalue weighted by molar-refractivity contribution is 14.1. The molecule has 0 N–H and O–H groups in total. The largest absolute Gasteiger partial charge is 0.496 e. The van der Waals surface area contributed by atoms with Crippen molar-refractivity contribution in [3.63, 3.8) is 0 Å². The molecule has 0 spiro atoms. The summed E-state index contributed by atoms with van der Waals surface area (Å²) in [5.74, 6) is 0.773. The molecule has 0 aliphatic carbocycles. The summed E-state index contributed by atoms with van der Waals surface area (Å²) in [6, 6.07) is 7.50. The Balaban J connectivity index is 2.33. The van der Waals surface area contributed by atoms with Gasteiger partial charge in [0.1, 0.15) is 5.75 Å². The molecule has 0 unspecified atom stereocenters. The molecule has 0 fully saturated rings. The Morgan fingerprint density at radius 1 is 1.53 bits per heavy atom. The molecule has 0 aliphatic rings. The monoisotopic (exact) mass is 339 g/mol. The van der Waals surface area contributed by atoms with Crippen LogP contribution in [-0.4, -0.2) is 16.9 Å². The second-order valence-corrected chi connectivity index (χ2v) is 4.74.